The normalized spacial score (nSPS) is 10.4. The molecule has 0 aliphatic rings. The van der Waals surface area contributed by atoms with Crippen LogP contribution in [0.2, 0.25) is 0 Å². The van der Waals surface area contributed by atoms with Crippen molar-refractivity contribution in [1.82, 2.24) is 4.98 Å². The first kappa shape index (κ1) is 8.93. The van der Waals surface area contributed by atoms with Crippen LogP contribution < -0.4 is 5.73 Å². The van der Waals surface area contributed by atoms with Crippen LogP contribution in [0, 0.1) is 0 Å². The lowest BCUT2D eigenvalue weighted by Gasteiger charge is -1.91. The third-order valence-corrected chi connectivity index (χ3v) is 1.62. The van der Waals surface area contributed by atoms with Crippen LogP contribution in [0.5, 0.6) is 0 Å². The van der Waals surface area contributed by atoms with Crippen LogP contribution in [-0.4, -0.2) is 10.9 Å². The van der Waals surface area contributed by atoms with Crippen LogP contribution in [0.3, 0.4) is 0 Å². The van der Waals surface area contributed by atoms with Crippen LogP contribution in [0.15, 0.2) is 29.0 Å². The van der Waals surface area contributed by atoms with Crippen molar-refractivity contribution in [2.24, 2.45) is 5.73 Å². The summed E-state index contributed by atoms with van der Waals surface area (Å²) in [5.74, 6) is -0.456. The van der Waals surface area contributed by atoms with E-state index in [1.54, 1.807) is 24.4 Å². The van der Waals surface area contributed by atoms with Gasteiger partial charge in [-0.05, 0) is 39.7 Å². The predicted octanol–water partition coefficient (Wildman–Crippen LogP) is 1.34. The smallest absolute Gasteiger partial charge is 0.241 e. The van der Waals surface area contributed by atoms with Crippen molar-refractivity contribution < 1.29 is 4.79 Å². The molecule has 0 radical (unpaired) electrons. The number of hydrogen-bond donors (Lipinski definition) is 1. The Hall–Kier alpha value is -1.16. The average Bonchev–Trinajstić information content (AvgIpc) is 2.01. The fraction of sp³-hybridized carbons (Fsp3) is 0. The van der Waals surface area contributed by atoms with Crippen molar-refractivity contribution in [3.8, 4) is 0 Å². The Kier molecular flexibility index (Phi) is 2.99. The number of nitrogens with zero attached hydrogens (tertiary/aromatic N) is 1. The maximum Gasteiger partial charge on any atom is 0.241 e. The highest BCUT2D eigenvalue weighted by atomic mass is 79.9. The quantitative estimate of drug-likeness (QED) is 0.612. The van der Waals surface area contributed by atoms with E-state index < -0.39 is 5.91 Å². The van der Waals surface area contributed by atoms with Gasteiger partial charge in [-0.1, -0.05) is 0 Å². The Morgan fingerprint density at radius 3 is 3.00 bits per heavy atom. The van der Waals surface area contributed by atoms with E-state index in [4.69, 9.17) is 5.73 Å². The van der Waals surface area contributed by atoms with Crippen LogP contribution in [0.25, 0.3) is 6.08 Å². The van der Waals surface area contributed by atoms with Gasteiger partial charge in [0.2, 0.25) is 5.91 Å². The highest BCUT2D eigenvalue weighted by Gasteiger charge is 1.89. The number of pyridine rings is 1. The van der Waals surface area contributed by atoms with E-state index in [1.165, 1.54) is 6.08 Å². The van der Waals surface area contributed by atoms with E-state index >= 15 is 0 Å². The number of halogens is 1. The Bertz CT molecular complexity index is 323. The maximum atomic E-state index is 10.4. The predicted molar refractivity (Wildman–Crippen MR) is 50.2 cm³/mol. The summed E-state index contributed by atoms with van der Waals surface area (Å²) in [6.07, 6.45) is 4.58. The molecule has 0 atom stereocenters. The second-order valence-electron chi connectivity index (χ2n) is 2.15. The van der Waals surface area contributed by atoms with E-state index in [2.05, 4.69) is 20.9 Å². The second-order valence-corrected chi connectivity index (χ2v) is 2.96. The molecular weight excluding hydrogens is 220 g/mol. The summed E-state index contributed by atoms with van der Waals surface area (Å²) < 4.78 is 0.731. The monoisotopic (exact) mass is 226 g/mol. The van der Waals surface area contributed by atoms with Gasteiger partial charge >= 0.3 is 0 Å². The van der Waals surface area contributed by atoms with Gasteiger partial charge in [0.25, 0.3) is 0 Å². The first-order chi connectivity index (χ1) is 5.68. The van der Waals surface area contributed by atoms with Crippen molar-refractivity contribution in [3.63, 3.8) is 0 Å². The standard InChI is InChI=1S/C8H7BrN2O/c9-7-5-6(3-4-11-7)1-2-8(10)12/h1-5H,(H2,10,12)/b2-1+. The van der Waals surface area contributed by atoms with Gasteiger partial charge in [-0.15, -0.1) is 0 Å². The van der Waals surface area contributed by atoms with E-state index in [1.807, 2.05) is 0 Å². The molecule has 0 unspecified atom stereocenters. The number of carbonyl (C=O) groups excluding carboxylic acids is 1. The van der Waals surface area contributed by atoms with Crippen LogP contribution in [0.4, 0.5) is 0 Å². The lowest BCUT2D eigenvalue weighted by molar-refractivity contribution is -0.113. The summed E-state index contributed by atoms with van der Waals surface area (Å²) in [7, 11) is 0. The first-order valence-electron chi connectivity index (χ1n) is 3.27. The van der Waals surface area contributed by atoms with Gasteiger partial charge in [-0.25, -0.2) is 4.98 Å². The molecule has 3 nitrogen and oxygen atoms in total. The molecule has 62 valence electrons. The van der Waals surface area contributed by atoms with E-state index in [9.17, 15) is 4.79 Å². The van der Waals surface area contributed by atoms with E-state index in [-0.39, 0.29) is 0 Å². The lowest BCUT2D eigenvalue weighted by atomic mass is 10.2. The zero-order chi connectivity index (χ0) is 8.97. The molecule has 1 aromatic heterocycles. The summed E-state index contributed by atoms with van der Waals surface area (Å²) in [5, 5.41) is 0. The topological polar surface area (TPSA) is 56.0 Å². The number of aromatic nitrogens is 1. The number of rotatable bonds is 2. The van der Waals surface area contributed by atoms with Gasteiger partial charge in [0.1, 0.15) is 4.60 Å². The van der Waals surface area contributed by atoms with Crippen LogP contribution in [0.1, 0.15) is 5.56 Å². The van der Waals surface area contributed by atoms with Crippen LogP contribution in [-0.2, 0) is 4.79 Å². The summed E-state index contributed by atoms with van der Waals surface area (Å²) in [6.45, 7) is 0. The minimum absolute atomic E-state index is 0.456. The van der Waals surface area contributed by atoms with Gasteiger partial charge in [0.05, 0.1) is 0 Å². The van der Waals surface area contributed by atoms with Gasteiger partial charge in [0, 0.05) is 12.3 Å². The molecule has 0 bridgehead atoms. The Morgan fingerprint density at radius 1 is 1.67 bits per heavy atom. The van der Waals surface area contributed by atoms with Crippen molar-refractivity contribution in [2.45, 2.75) is 0 Å². The third-order valence-electron chi connectivity index (χ3n) is 1.19. The molecule has 4 heteroatoms. The molecule has 1 heterocycles. The highest BCUT2D eigenvalue weighted by Crippen LogP contribution is 2.08. The molecule has 0 aromatic carbocycles. The third kappa shape index (κ3) is 2.84. The molecular formula is C8H7BrN2O. The van der Waals surface area contributed by atoms with Gasteiger partial charge < -0.3 is 5.73 Å². The Labute approximate surface area is 78.4 Å². The molecule has 1 amide bonds. The van der Waals surface area contributed by atoms with Gasteiger partial charge in [-0.3, -0.25) is 4.79 Å². The summed E-state index contributed by atoms with van der Waals surface area (Å²) in [4.78, 5) is 14.3. The molecule has 0 saturated carbocycles. The molecule has 0 aliphatic carbocycles. The highest BCUT2D eigenvalue weighted by molar-refractivity contribution is 9.10. The van der Waals surface area contributed by atoms with Crippen molar-refractivity contribution >= 4 is 27.9 Å². The number of amides is 1. The largest absolute Gasteiger partial charge is 0.366 e. The molecule has 2 N–H and O–H groups in total. The van der Waals surface area contributed by atoms with E-state index in [0.717, 1.165) is 10.2 Å². The lowest BCUT2D eigenvalue weighted by Crippen LogP contribution is -2.05. The Morgan fingerprint density at radius 2 is 2.42 bits per heavy atom. The molecule has 0 aliphatic heterocycles. The number of carbonyl (C=O) groups is 1. The molecule has 1 rings (SSSR count). The summed E-state index contributed by atoms with van der Waals surface area (Å²) in [6, 6.07) is 3.57. The summed E-state index contributed by atoms with van der Waals surface area (Å²) >= 11 is 3.21. The molecule has 12 heavy (non-hydrogen) atoms. The second kappa shape index (κ2) is 4.01. The first-order valence-corrected chi connectivity index (χ1v) is 4.07. The fourth-order valence-electron chi connectivity index (χ4n) is 0.699. The SMILES string of the molecule is NC(=O)/C=C/c1ccnc(Br)c1. The van der Waals surface area contributed by atoms with Gasteiger partial charge in [-0.2, -0.15) is 0 Å². The molecule has 0 spiro atoms. The van der Waals surface area contributed by atoms with Gasteiger partial charge in [0.15, 0.2) is 0 Å². The zero-order valence-electron chi connectivity index (χ0n) is 6.20. The number of hydrogen-bond acceptors (Lipinski definition) is 2. The molecule has 1 aromatic rings. The van der Waals surface area contributed by atoms with Crippen molar-refractivity contribution in [1.29, 1.82) is 0 Å². The molecule has 0 saturated heterocycles. The number of primary amides is 1. The molecule has 0 fully saturated rings. The maximum absolute atomic E-state index is 10.4. The van der Waals surface area contributed by atoms with Crippen molar-refractivity contribution in [3.05, 3.63) is 34.6 Å². The number of nitrogens with two attached hydrogens (primary N) is 1. The van der Waals surface area contributed by atoms with E-state index in [0.29, 0.717) is 0 Å². The minimum Gasteiger partial charge on any atom is -0.366 e. The zero-order valence-corrected chi connectivity index (χ0v) is 7.78. The van der Waals surface area contributed by atoms with Crippen LogP contribution >= 0.6 is 15.9 Å². The summed E-state index contributed by atoms with van der Waals surface area (Å²) in [5.41, 5.74) is 5.81. The minimum atomic E-state index is -0.456. The Balaban J connectivity index is 2.83. The fourth-order valence-corrected chi connectivity index (χ4v) is 1.08. The van der Waals surface area contributed by atoms with Crippen molar-refractivity contribution in [2.75, 3.05) is 0 Å². The average molecular weight is 227 g/mol.